The van der Waals surface area contributed by atoms with Crippen LogP contribution in [0, 0.1) is 0 Å². The van der Waals surface area contributed by atoms with Crippen molar-refractivity contribution >= 4 is 22.7 Å². The summed E-state index contributed by atoms with van der Waals surface area (Å²) in [4.78, 5) is 9.40. The third-order valence-electron chi connectivity index (χ3n) is 5.32. The van der Waals surface area contributed by atoms with Crippen LogP contribution in [-0.2, 0) is 7.05 Å². The second-order valence-corrected chi connectivity index (χ2v) is 8.04. The highest BCUT2D eigenvalue weighted by Gasteiger charge is 2.13. The number of nitrogens with one attached hydrogen (secondary N) is 1. The van der Waals surface area contributed by atoms with E-state index < -0.39 is 0 Å². The first-order chi connectivity index (χ1) is 15.6. The summed E-state index contributed by atoms with van der Waals surface area (Å²) in [6.07, 6.45) is 5.68. The van der Waals surface area contributed by atoms with Gasteiger partial charge in [-0.15, -0.1) is 5.10 Å². The average Bonchev–Trinajstić information content (AvgIpc) is 3.21. The second kappa shape index (κ2) is 8.19. The molecular formula is C25H23N7. The molecule has 0 fully saturated rings. The van der Waals surface area contributed by atoms with Gasteiger partial charge in [0.15, 0.2) is 5.82 Å². The number of pyridine rings is 2. The topological polar surface area (TPSA) is 81.4 Å². The zero-order chi connectivity index (χ0) is 22.1. The SMILES string of the molecule is CC(C)c1cnnc(Nc2ccc3ncc(-c4cn(C)nc4-c4ccccc4)cc3n2)c1. The van der Waals surface area contributed by atoms with Gasteiger partial charge in [0, 0.05) is 36.1 Å². The van der Waals surface area contributed by atoms with Crippen molar-refractivity contribution in [3.05, 3.63) is 78.8 Å². The summed E-state index contributed by atoms with van der Waals surface area (Å²) in [5.41, 5.74) is 6.71. The summed E-state index contributed by atoms with van der Waals surface area (Å²) in [6, 6.07) is 18.1. The lowest BCUT2D eigenvalue weighted by atomic mass is 10.0. The number of anilines is 2. The Morgan fingerprint density at radius 3 is 2.53 bits per heavy atom. The van der Waals surface area contributed by atoms with Gasteiger partial charge in [0.25, 0.3) is 0 Å². The van der Waals surface area contributed by atoms with Crippen LogP contribution in [0.3, 0.4) is 0 Å². The predicted molar refractivity (Wildman–Crippen MR) is 127 cm³/mol. The van der Waals surface area contributed by atoms with Crippen LogP contribution in [0.15, 0.2) is 73.2 Å². The first-order valence-electron chi connectivity index (χ1n) is 10.5. The molecule has 5 rings (SSSR count). The number of hydrogen-bond acceptors (Lipinski definition) is 6. The van der Waals surface area contributed by atoms with Crippen molar-refractivity contribution in [3.8, 4) is 22.4 Å². The summed E-state index contributed by atoms with van der Waals surface area (Å²) in [5.74, 6) is 1.74. The molecule has 0 spiro atoms. The fourth-order valence-electron chi connectivity index (χ4n) is 3.62. The molecule has 0 aliphatic heterocycles. The van der Waals surface area contributed by atoms with Crippen molar-refractivity contribution in [1.82, 2.24) is 29.9 Å². The van der Waals surface area contributed by atoms with Gasteiger partial charge >= 0.3 is 0 Å². The van der Waals surface area contributed by atoms with E-state index >= 15 is 0 Å². The fraction of sp³-hybridized carbons (Fsp3) is 0.160. The van der Waals surface area contributed by atoms with Gasteiger partial charge in [0.2, 0.25) is 0 Å². The Kier molecular flexibility index (Phi) is 5.07. The quantitative estimate of drug-likeness (QED) is 0.412. The Hall–Kier alpha value is -4.13. The molecule has 4 heterocycles. The number of aryl methyl sites for hydroxylation is 1. The van der Waals surface area contributed by atoms with Crippen LogP contribution < -0.4 is 5.32 Å². The molecule has 0 aliphatic rings. The maximum absolute atomic E-state index is 4.77. The molecule has 1 aromatic carbocycles. The fourth-order valence-corrected chi connectivity index (χ4v) is 3.62. The van der Waals surface area contributed by atoms with Crippen LogP contribution in [0.25, 0.3) is 33.4 Å². The van der Waals surface area contributed by atoms with Gasteiger partial charge in [-0.3, -0.25) is 9.67 Å². The Morgan fingerprint density at radius 2 is 1.72 bits per heavy atom. The van der Waals surface area contributed by atoms with Gasteiger partial charge in [-0.05, 0) is 35.7 Å². The predicted octanol–water partition coefficient (Wildman–Crippen LogP) is 5.35. The number of benzene rings is 1. The molecule has 0 amide bonds. The molecular weight excluding hydrogens is 398 g/mol. The smallest absolute Gasteiger partial charge is 0.154 e. The monoisotopic (exact) mass is 421 g/mol. The lowest BCUT2D eigenvalue weighted by Crippen LogP contribution is -2.00. The number of aromatic nitrogens is 6. The van der Waals surface area contributed by atoms with Crippen molar-refractivity contribution < 1.29 is 0 Å². The standard InChI is InChI=1S/C25H23N7/c1-16(2)18-12-24(30-27-14-18)29-23-10-9-21-22(28-23)11-19(13-26-21)20-15-32(3)31-25(20)17-7-5-4-6-8-17/h4-16H,1-3H3,(H,28,29,30). The molecule has 4 aromatic heterocycles. The second-order valence-electron chi connectivity index (χ2n) is 8.04. The number of hydrogen-bond donors (Lipinski definition) is 1. The van der Waals surface area contributed by atoms with E-state index in [9.17, 15) is 0 Å². The summed E-state index contributed by atoms with van der Waals surface area (Å²) < 4.78 is 1.83. The molecule has 1 N–H and O–H groups in total. The highest BCUT2D eigenvalue weighted by atomic mass is 15.3. The Labute approximate surface area is 186 Å². The minimum absolute atomic E-state index is 0.376. The van der Waals surface area contributed by atoms with Gasteiger partial charge in [-0.25, -0.2) is 4.98 Å². The first-order valence-corrected chi connectivity index (χ1v) is 10.5. The molecule has 0 bridgehead atoms. The molecule has 0 unspecified atom stereocenters. The van der Waals surface area contributed by atoms with E-state index in [-0.39, 0.29) is 0 Å². The molecule has 0 saturated carbocycles. The molecule has 0 saturated heterocycles. The van der Waals surface area contributed by atoms with E-state index in [1.54, 1.807) is 6.20 Å². The highest BCUT2D eigenvalue weighted by molar-refractivity contribution is 5.86. The van der Waals surface area contributed by atoms with Crippen LogP contribution in [0.1, 0.15) is 25.3 Å². The van der Waals surface area contributed by atoms with Crippen LogP contribution in [-0.4, -0.2) is 29.9 Å². The maximum atomic E-state index is 4.77. The van der Waals surface area contributed by atoms with Crippen molar-refractivity contribution in [2.24, 2.45) is 7.05 Å². The lowest BCUT2D eigenvalue weighted by Gasteiger charge is -2.09. The lowest BCUT2D eigenvalue weighted by molar-refractivity contribution is 0.771. The van der Waals surface area contributed by atoms with Crippen LogP contribution in [0.4, 0.5) is 11.6 Å². The Bertz CT molecular complexity index is 1390. The van der Waals surface area contributed by atoms with Crippen LogP contribution >= 0.6 is 0 Å². The van der Waals surface area contributed by atoms with E-state index in [1.807, 2.05) is 66.6 Å². The van der Waals surface area contributed by atoms with E-state index in [2.05, 4.69) is 51.6 Å². The summed E-state index contributed by atoms with van der Waals surface area (Å²) in [6.45, 7) is 4.26. The third kappa shape index (κ3) is 3.92. The molecule has 158 valence electrons. The molecule has 7 heteroatoms. The van der Waals surface area contributed by atoms with Crippen LogP contribution in [0.5, 0.6) is 0 Å². The van der Waals surface area contributed by atoms with Gasteiger partial charge in [0.1, 0.15) is 11.5 Å². The van der Waals surface area contributed by atoms with Gasteiger partial charge in [-0.1, -0.05) is 44.2 Å². The van der Waals surface area contributed by atoms with E-state index in [0.29, 0.717) is 17.6 Å². The molecule has 0 atom stereocenters. The van der Waals surface area contributed by atoms with Crippen molar-refractivity contribution in [2.45, 2.75) is 19.8 Å². The normalized spacial score (nSPS) is 11.2. The zero-order valence-corrected chi connectivity index (χ0v) is 18.2. The van der Waals surface area contributed by atoms with Gasteiger partial charge < -0.3 is 5.32 Å². The molecule has 0 radical (unpaired) electrons. The van der Waals surface area contributed by atoms with Crippen molar-refractivity contribution in [3.63, 3.8) is 0 Å². The minimum atomic E-state index is 0.376. The number of rotatable bonds is 5. The Balaban J connectivity index is 1.52. The van der Waals surface area contributed by atoms with E-state index in [1.165, 1.54) is 0 Å². The van der Waals surface area contributed by atoms with E-state index in [0.717, 1.165) is 39.0 Å². The average molecular weight is 422 g/mol. The Morgan fingerprint density at radius 1 is 0.875 bits per heavy atom. The van der Waals surface area contributed by atoms with Crippen LogP contribution in [0.2, 0.25) is 0 Å². The summed E-state index contributed by atoms with van der Waals surface area (Å²) >= 11 is 0. The van der Waals surface area contributed by atoms with Gasteiger partial charge in [-0.2, -0.15) is 10.2 Å². The molecule has 32 heavy (non-hydrogen) atoms. The highest BCUT2D eigenvalue weighted by Crippen LogP contribution is 2.32. The zero-order valence-electron chi connectivity index (χ0n) is 18.2. The summed E-state index contributed by atoms with van der Waals surface area (Å²) in [7, 11) is 1.93. The largest absolute Gasteiger partial charge is 0.323 e. The van der Waals surface area contributed by atoms with Gasteiger partial charge in [0.05, 0.1) is 17.2 Å². The molecule has 0 aliphatic carbocycles. The molecule has 5 aromatic rings. The van der Waals surface area contributed by atoms with E-state index in [4.69, 9.17) is 4.98 Å². The minimum Gasteiger partial charge on any atom is -0.323 e. The summed E-state index contributed by atoms with van der Waals surface area (Å²) in [5, 5.41) is 16.2. The number of nitrogens with zero attached hydrogens (tertiary/aromatic N) is 6. The first kappa shape index (κ1) is 19.8. The molecule has 7 nitrogen and oxygen atoms in total. The number of fused-ring (bicyclic) bond motifs is 1. The maximum Gasteiger partial charge on any atom is 0.154 e. The third-order valence-corrected chi connectivity index (χ3v) is 5.32. The van der Waals surface area contributed by atoms with Crippen molar-refractivity contribution in [1.29, 1.82) is 0 Å². The van der Waals surface area contributed by atoms with Crippen molar-refractivity contribution in [2.75, 3.05) is 5.32 Å².